The largest absolute Gasteiger partial charge is 0.309 e. The van der Waals surface area contributed by atoms with Crippen LogP contribution >= 0.6 is 10.0 Å². The number of benzene rings is 10. The third kappa shape index (κ3) is 5.30. The van der Waals surface area contributed by atoms with Gasteiger partial charge in [0.05, 0.1) is 38.8 Å². The molecule has 13 aromatic rings. The van der Waals surface area contributed by atoms with Crippen molar-refractivity contribution in [3.8, 4) is 17.1 Å². The lowest BCUT2D eigenvalue weighted by Gasteiger charge is -2.42. The Morgan fingerprint density at radius 1 is 0.234 bits per heavy atom. The first-order chi connectivity index (χ1) is 31.8. The van der Waals surface area contributed by atoms with Gasteiger partial charge in [0.15, 0.2) is 0 Å². The van der Waals surface area contributed by atoms with Crippen LogP contribution in [0.1, 0.15) is 0 Å². The number of fused-ring (bicyclic) bond motifs is 9. The molecule has 3 nitrogen and oxygen atoms in total. The maximum Gasteiger partial charge on any atom is 0.0562 e. The van der Waals surface area contributed by atoms with E-state index in [-0.39, 0.29) is 0 Å². The minimum Gasteiger partial charge on any atom is -0.309 e. The first kappa shape index (κ1) is 36.6. The summed E-state index contributed by atoms with van der Waals surface area (Å²) in [5.41, 5.74) is 10.6. The molecule has 3 heterocycles. The van der Waals surface area contributed by atoms with E-state index in [0.29, 0.717) is 0 Å². The first-order valence-corrected chi connectivity index (χ1v) is 23.6. The Morgan fingerprint density at radius 2 is 0.625 bits per heavy atom. The summed E-state index contributed by atoms with van der Waals surface area (Å²) in [5.74, 6) is 0. The second-order valence-corrected chi connectivity index (χ2v) is 19.6. The number of aromatic nitrogens is 3. The smallest absolute Gasteiger partial charge is 0.0562 e. The molecule has 64 heavy (non-hydrogen) atoms. The molecule has 302 valence electrons. The van der Waals surface area contributed by atoms with Gasteiger partial charge in [0.25, 0.3) is 0 Å². The first-order valence-electron chi connectivity index (χ1n) is 21.9. The van der Waals surface area contributed by atoms with E-state index >= 15 is 0 Å². The average molecular weight is 836 g/mol. The van der Waals surface area contributed by atoms with Gasteiger partial charge in [-0.25, -0.2) is 0 Å². The Bertz CT molecular complexity index is 3750. The molecule has 4 heteroatoms. The molecule has 0 N–H and O–H groups in total. The van der Waals surface area contributed by atoms with Crippen LogP contribution in [0, 0.1) is 0 Å². The van der Waals surface area contributed by atoms with Crippen molar-refractivity contribution >= 4 is 75.4 Å². The van der Waals surface area contributed by atoms with Gasteiger partial charge in [-0.2, -0.15) is 0 Å². The Kier molecular flexibility index (Phi) is 8.30. The highest BCUT2D eigenvalue weighted by Gasteiger charge is 2.33. The summed E-state index contributed by atoms with van der Waals surface area (Å²) >= 11 is 0. The summed E-state index contributed by atoms with van der Waals surface area (Å²) in [6, 6.07) is 91.8. The van der Waals surface area contributed by atoms with Gasteiger partial charge in [0, 0.05) is 63.3 Å². The van der Waals surface area contributed by atoms with Gasteiger partial charge in [-0.1, -0.05) is 140 Å². The van der Waals surface area contributed by atoms with Crippen LogP contribution in [0.2, 0.25) is 0 Å². The molecule has 0 atom stereocenters. The van der Waals surface area contributed by atoms with Crippen LogP contribution in [0.5, 0.6) is 0 Å². The van der Waals surface area contributed by atoms with Gasteiger partial charge in [0.1, 0.15) is 0 Å². The molecular weight excluding hydrogens is 795 g/mol. The van der Waals surface area contributed by atoms with Crippen LogP contribution in [-0.2, 0) is 0 Å². The van der Waals surface area contributed by atoms with E-state index in [1.54, 1.807) is 0 Å². The van der Waals surface area contributed by atoms with E-state index < -0.39 is 10.0 Å². The molecule has 0 aliphatic carbocycles. The summed E-state index contributed by atoms with van der Waals surface area (Å²) in [6.45, 7) is 0. The van der Waals surface area contributed by atoms with Gasteiger partial charge >= 0.3 is 0 Å². The predicted molar refractivity (Wildman–Crippen MR) is 269 cm³/mol. The van der Waals surface area contributed by atoms with Crippen LogP contribution in [0.4, 0.5) is 0 Å². The molecule has 0 amide bonds. The zero-order valence-electron chi connectivity index (χ0n) is 34.9. The van der Waals surface area contributed by atoms with E-state index in [2.05, 4.69) is 262 Å². The second-order valence-electron chi connectivity index (χ2n) is 16.5. The van der Waals surface area contributed by atoms with Crippen molar-refractivity contribution in [1.29, 1.82) is 0 Å². The van der Waals surface area contributed by atoms with E-state index in [4.69, 9.17) is 0 Å². The Morgan fingerprint density at radius 3 is 1.20 bits per heavy atom. The Labute approximate surface area is 372 Å². The van der Waals surface area contributed by atoms with Gasteiger partial charge in [-0.3, -0.25) is 0 Å². The Hall–Kier alpha value is -8.05. The summed E-state index contributed by atoms with van der Waals surface area (Å²) in [4.78, 5) is 5.21. The molecule has 0 aliphatic heterocycles. The lowest BCUT2D eigenvalue weighted by Crippen LogP contribution is -2.06. The minimum absolute atomic E-state index is 1.14. The summed E-state index contributed by atoms with van der Waals surface area (Å²) in [6.07, 6.45) is 0. The minimum atomic E-state index is -1.89. The van der Waals surface area contributed by atoms with Crippen molar-refractivity contribution in [2.75, 3.05) is 0 Å². The zero-order chi connectivity index (χ0) is 42.2. The van der Waals surface area contributed by atoms with Crippen molar-refractivity contribution in [2.24, 2.45) is 0 Å². The highest BCUT2D eigenvalue weighted by atomic mass is 32.3. The van der Waals surface area contributed by atoms with E-state index in [0.717, 1.165) is 17.1 Å². The molecule has 13 rings (SSSR count). The van der Waals surface area contributed by atoms with Crippen LogP contribution in [0.25, 0.3) is 82.5 Å². The monoisotopic (exact) mass is 835 g/mol. The van der Waals surface area contributed by atoms with E-state index in [9.17, 15) is 0 Å². The summed E-state index contributed by atoms with van der Waals surface area (Å²) < 4.78 is 7.39. The molecule has 10 aromatic carbocycles. The molecule has 0 bridgehead atoms. The standard InChI is InChI=1S/C60H41N3S/c1-4-21-44(22-5-1)64(45-23-6-2-7-24-45,46-25-8-3-9-26-46)47-27-18-20-42(40-47)62-56-35-17-13-31-51(56)60-58(62)36-19-37-59(60)63-55-34-16-12-30-50(55)52-41-43(38-39-57(52)63)61-53-32-14-10-28-48(53)49-29-11-15-33-54(49)61/h1-41H. The van der Waals surface area contributed by atoms with Gasteiger partial charge in [0.2, 0.25) is 0 Å². The summed E-state index contributed by atoms with van der Waals surface area (Å²) in [7, 11) is -1.89. The van der Waals surface area contributed by atoms with Crippen molar-refractivity contribution in [3.05, 3.63) is 249 Å². The van der Waals surface area contributed by atoms with E-state index in [1.807, 2.05) is 0 Å². The van der Waals surface area contributed by atoms with Gasteiger partial charge in [-0.05, 0) is 109 Å². The molecule has 0 radical (unpaired) electrons. The maximum absolute atomic E-state index is 2.49. The van der Waals surface area contributed by atoms with Crippen molar-refractivity contribution in [2.45, 2.75) is 19.6 Å². The number of hydrogen-bond donors (Lipinski definition) is 0. The fourth-order valence-corrected chi connectivity index (χ4v) is 14.4. The van der Waals surface area contributed by atoms with Gasteiger partial charge < -0.3 is 13.7 Å². The molecular formula is C60H41N3S. The normalized spacial score (nSPS) is 12.3. The van der Waals surface area contributed by atoms with Crippen molar-refractivity contribution in [1.82, 2.24) is 13.7 Å². The van der Waals surface area contributed by atoms with Crippen LogP contribution < -0.4 is 0 Å². The predicted octanol–water partition coefficient (Wildman–Crippen LogP) is 16.3. The molecule has 0 aliphatic rings. The van der Waals surface area contributed by atoms with Crippen LogP contribution in [-0.4, -0.2) is 13.7 Å². The van der Waals surface area contributed by atoms with E-state index in [1.165, 1.54) is 85.0 Å². The SMILES string of the molecule is c1ccc(S(c2ccccc2)(c2ccccc2)c2cccc(-n3c4ccccc4c4c(-n5c6ccccc6c6cc(-n7c8ccccc8c8ccccc87)ccc65)cccc43)c2)cc1. The number of para-hydroxylation sites is 4. The highest BCUT2D eigenvalue weighted by Crippen LogP contribution is 2.73. The summed E-state index contributed by atoms with van der Waals surface area (Å²) in [5, 5.41) is 7.44. The quantitative estimate of drug-likeness (QED) is 0.152. The molecule has 3 aromatic heterocycles. The van der Waals surface area contributed by atoms with Crippen molar-refractivity contribution < 1.29 is 0 Å². The number of nitrogens with zero attached hydrogens (tertiary/aromatic N) is 3. The highest BCUT2D eigenvalue weighted by molar-refractivity contribution is 8.34. The lowest BCUT2D eigenvalue weighted by atomic mass is 10.1. The van der Waals surface area contributed by atoms with Gasteiger partial charge in [-0.15, -0.1) is 10.0 Å². The third-order valence-corrected chi connectivity index (χ3v) is 17.0. The van der Waals surface area contributed by atoms with Crippen LogP contribution in [0.15, 0.2) is 268 Å². The number of rotatable bonds is 7. The maximum atomic E-state index is 2.49. The third-order valence-electron chi connectivity index (χ3n) is 13.1. The molecule has 0 saturated heterocycles. The molecule has 0 fully saturated rings. The average Bonchev–Trinajstić information content (AvgIpc) is 4.01. The molecule has 0 saturated carbocycles. The fraction of sp³-hybridized carbons (Fsp3) is 0. The second kappa shape index (κ2) is 14.5. The topological polar surface area (TPSA) is 14.8 Å². The lowest BCUT2D eigenvalue weighted by molar-refractivity contribution is 1.14. The van der Waals surface area contributed by atoms with Crippen molar-refractivity contribution in [3.63, 3.8) is 0 Å². The van der Waals surface area contributed by atoms with Crippen LogP contribution in [0.3, 0.4) is 0 Å². The molecule has 0 spiro atoms. The zero-order valence-corrected chi connectivity index (χ0v) is 35.7. The Balaban J connectivity index is 1.05. The molecule has 0 unspecified atom stereocenters. The fourth-order valence-electron chi connectivity index (χ4n) is 10.5. The number of hydrogen-bond acceptors (Lipinski definition) is 0.